The van der Waals surface area contributed by atoms with E-state index in [2.05, 4.69) is 41.8 Å². The molecule has 108 valence electrons. The number of amides is 1. The molecule has 1 amide bonds. The molecule has 0 saturated carbocycles. The van der Waals surface area contributed by atoms with Gasteiger partial charge in [0.05, 0.1) is 5.52 Å². The lowest BCUT2D eigenvalue weighted by molar-refractivity contribution is -0.122. The zero-order valence-electron chi connectivity index (χ0n) is 12.4. The van der Waals surface area contributed by atoms with Crippen LogP contribution < -0.4 is 10.6 Å². The van der Waals surface area contributed by atoms with Gasteiger partial charge in [-0.3, -0.25) is 4.79 Å². The maximum Gasteiger partial charge on any atom is 0.240 e. The van der Waals surface area contributed by atoms with Crippen LogP contribution in [0.1, 0.15) is 26.3 Å². The van der Waals surface area contributed by atoms with Crippen molar-refractivity contribution >= 4 is 16.8 Å². The highest BCUT2D eigenvalue weighted by Gasteiger charge is 2.10. The van der Waals surface area contributed by atoms with Crippen LogP contribution in [-0.2, 0) is 17.9 Å². The number of aromatic nitrogens is 1. The van der Waals surface area contributed by atoms with E-state index in [1.807, 2.05) is 24.6 Å². The first kappa shape index (κ1) is 14.6. The van der Waals surface area contributed by atoms with E-state index in [0.717, 1.165) is 18.6 Å². The van der Waals surface area contributed by atoms with E-state index in [9.17, 15) is 4.79 Å². The molecule has 4 nitrogen and oxygen atoms in total. The van der Waals surface area contributed by atoms with Crippen LogP contribution >= 0.6 is 0 Å². The molecule has 0 unspecified atom stereocenters. The van der Waals surface area contributed by atoms with Crippen molar-refractivity contribution in [3.05, 3.63) is 36.0 Å². The second kappa shape index (κ2) is 6.57. The predicted molar refractivity (Wildman–Crippen MR) is 82.6 cm³/mol. The summed E-state index contributed by atoms with van der Waals surface area (Å²) in [5.41, 5.74) is 2.37. The quantitative estimate of drug-likeness (QED) is 0.848. The van der Waals surface area contributed by atoms with Gasteiger partial charge in [-0.15, -0.1) is 0 Å². The first-order valence-corrected chi connectivity index (χ1v) is 7.18. The Morgan fingerprint density at radius 3 is 2.80 bits per heavy atom. The predicted octanol–water partition coefficient (Wildman–Crippen LogP) is 2.28. The van der Waals surface area contributed by atoms with Gasteiger partial charge >= 0.3 is 0 Å². The Kier molecular flexibility index (Phi) is 4.79. The molecule has 20 heavy (non-hydrogen) atoms. The molecular formula is C16H23N3O. The summed E-state index contributed by atoms with van der Waals surface area (Å²) in [6, 6.07) is 8.50. The normalized spacial score (nSPS) is 11.2. The molecule has 0 fully saturated rings. The molecular weight excluding hydrogens is 250 g/mol. The van der Waals surface area contributed by atoms with Gasteiger partial charge in [0.15, 0.2) is 0 Å². The van der Waals surface area contributed by atoms with Crippen LogP contribution in [-0.4, -0.2) is 23.1 Å². The van der Waals surface area contributed by atoms with Gasteiger partial charge in [0.2, 0.25) is 5.91 Å². The van der Waals surface area contributed by atoms with Crippen LogP contribution in [0.15, 0.2) is 30.5 Å². The number of benzene rings is 1. The average Bonchev–Trinajstić information content (AvgIpc) is 2.79. The highest BCUT2D eigenvalue weighted by atomic mass is 16.2. The number of carbonyl (C=O) groups excluding carboxylic acids is 1. The maximum atomic E-state index is 11.9. The van der Waals surface area contributed by atoms with Crippen molar-refractivity contribution in [1.82, 2.24) is 15.2 Å². The zero-order chi connectivity index (χ0) is 14.5. The van der Waals surface area contributed by atoms with E-state index in [4.69, 9.17) is 0 Å². The van der Waals surface area contributed by atoms with E-state index in [-0.39, 0.29) is 11.9 Å². The molecule has 4 heteroatoms. The monoisotopic (exact) mass is 273 g/mol. The van der Waals surface area contributed by atoms with E-state index in [1.54, 1.807) is 0 Å². The van der Waals surface area contributed by atoms with E-state index in [0.29, 0.717) is 6.54 Å². The van der Waals surface area contributed by atoms with E-state index in [1.165, 1.54) is 10.9 Å². The van der Waals surface area contributed by atoms with Crippen molar-refractivity contribution in [2.24, 2.45) is 0 Å². The minimum atomic E-state index is 0.0516. The second-order valence-electron chi connectivity index (χ2n) is 5.30. The van der Waals surface area contributed by atoms with Crippen LogP contribution in [0, 0.1) is 0 Å². The van der Waals surface area contributed by atoms with Crippen molar-refractivity contribution in [3.8, 4) is 0 Å². The van der Waals surface area contributed by atoms with Gasteiger partial charge in [-0.2, -0.15) is 0 Å². The van der Waals surface area contributed by atoms with Crippen LogP contribution in [0.4, 0.5) is 0 Å². The summed E-state index contributed by atoms with van der Waals surface area (Å²) in [5, 5.41) is 7.46. The number of hydrogen-bond donors (Lipinski definition) is 2. The lowest BCUT2D eigenvalue weighted by Crippen LogP contribution is -2.33. The Hall–Kier alpha value is -1.81. The zero-order valence-corrected chi connectivity index (χ0v) is 12.4. The van der Waals surface area contributed by atoms with E-state index >= 15 is 0 Å². The number of fused-ring (bicyclic) bond motifs is 1. The standard InChI is InChI=1S/C16H23N3O/c1-4-17-10-14-7-5-6-13-8-9-19(16(13)14)11-15(20)18-12(2)3/h5-9,12,17H,4,10-11H2,1-3H3,(H,18,20). The number of rotatable bonds is 6. The fraction of sp³-hybridized carbons (Fsp3) is 0.438. The summed E-state index contributed by atoms with van der Waals surface area (Å²) in [7, 11) is 0. The molecule has 1 aromatic heterocycles. The Balaban J connectivity index is 2.27. The molecule has 1 aromatic carbocycles. The first-order valence-electron chi connectivity index (χ1n) is 7.18. The van der Waals surface area contributed by atoms with Crippen molar-refractivity contribution in [2.45, 2.75) is 39.9 Å². The number of nitrogens with zero attached hydrogens (tertiary/aromatic N) is 1. The first-order chi connectivity index (χ1) is 9.61. The molecule has 2 N–H and O–H groups in total. The lowest BCUT2D eigenvalue weighted by atomic mass is 10.1. The maximum absolute atomic E-state index is 11.9. The summed E-state index contributed by atoms with van der Waals surface area (Å²) in [6.07, 6.45) is 1.99. The van der Waals surface area contributed by atoms with Crippen LogP contribution in [0.25, 0.3) is 10.9 Å². The molecule has 0 bridgehead atoms. The number of nitrogens with one attached hydrogen (secondary N) is 2. The van der Waals surface area contributed by atoms with Gasteiger partial charge in [-0.1, -0.05) is 25.1 Å². The minimum absolute atomic E-state index is 0.0516. The smallest absolute Gasteiger partial charge is 0.240 e. The summed E-state index contributed by atoms with van der Waals surface area (Å²) in [4.78, 5) is 11.9. The van der Waals surface area contributed by atoms with Gasteiger partial charge in [-0.25, -0.2) is 0 Å². The molecule has 0 atom stereocenters. The van der Waals surface area contributed by atoms with Crippen molar-refractivity contribution in [1.29, 1.82) is 0 Å². The lowest BCUT2D eigenvalue weighted by Gasteiger charge is -2.12. The number of carbonyl (C=O) groups is 1. The Labute approximate surface area is 120 Å². The van der Waals surface area contributed by atoms with E-state index < -0.39 is 0 Å². The molecule has 0 aliphatic rings. The van der Waals surface area contributed by atoms with Gasteiger partial charge in [-0.05, 0) is 37.4 Å². The highest BCUT2D eigenvalue weighted by molar-refractivity contribution is 5.85. The number of hydrogen-bond acceptors (Lipinski definition) is 2. The third-order valence-electron chi connectivity index (χ3n) is 3.20. The van der Waals surface area contributed by atoms with Crippen LogP contribution in [0.2, 0.25) is 0 Å². The third-order valence-corrected chi connectivity index (χ3v) is 3.20. The van der Waals surface area contributed by atoms with Crippen molar-refractivity contribution < 1.29 is 4.79 Å². The molecule has 1 heterocycles. The fourth-order valence-corrected chi connectivity index (χ4v) is 2.40. The average molecular weight is 273 g/mol. The Bertz CT molecular complexity index is 586. The summed E-state index contributed by atoms with van der Waals surface area (Å²) >= 11 is 0. The van der Waals surface area contributed by atoms with Gasteiger partial charge < -0.3 is 15.2 Å². The SMILES string of the molecule is CCNCc1cccc2ccn(CC(=O)NC(C)C)c12. The summed E-state index contributed by atoms with van der Waals surface area (Å²) in [5.74, 6) is 0.0516. The fourth-order valence-electron chi connectivity index (χ4n) is 2.40. The second-order valence-corrected chi connectivity index (χ2v) is 5.30. The summed E-state index contributed by atoms with van der Waals surface area (Å²) in [6.45, 7) is 8.17. The Morgan fingerprint density at radius 1 is 1.30 bits per heavy atom. The van der Waals surface area contributed by atoms with Gasteiger partial charge in [0, 0.05) is 18.8 Å². The van der Waals surface area contributed by atoms with Crippen LogP contribution in [0.3, 0.4) is 0 Å². The third kappa shape index (κ3) is 3.39. The number of para-hydroxylation sites is 1. The molecule has 2 aromatic rings. The molecule has 0 radical (unpaired) electrons. The topological polar surface area (TPSA) is 46.1 Å². The Morgan fingerprint density at radius 2 is 2.10 bits per heavy atom. The molecule has 2 rings (SSSR count). The molecule has 0 saturated heterocycles. The summed E-state index contributed by atoms with van der Waals surface area (Å²) < 4.78 is 2.03. The molecule has 0 spiro atoms. The minimum Gasteiger partial charge on any atom is -0.352 e. The highest BCUT2D eigenvalue weighted by Crippen LogP contribution is 2.20. The molecule has 0 aliphatic carbocycles. The van der Waals surface area contributed by atoms with Gasteiger partial charge in [0.25, 0.3) is 0 Å². The molecule has 0 aliphatic heterocycles. The van der Waals surface area contributed by atoms with Crippen molar-refractivity contribution in [2.75, 3.05) is 6.54 Å². The largest absolute Gasteiger partial charge is 0.352 e. The van der Waals surface area contributed by atoms with Gasteiger partial charge in [0.1, 0.15) is 6.54 Å². The van der Waals surface area contributed by atoms with Crippen molar-refractivity contribution in [3.63, 3.8) is 0 Å². The van der Waals surface area contributed by atoms with Crippen LogP contribution in [0.5, 0.6) is 0 Å².